The fourth-order valence-electron chi connectivity index (χ4n) is 7.73. The van der Waals surface area contributed by atoms with Crippen molar-refractivity contribution in [3.8, 4) is 44.4 Å². The van der Waals surface area contributed by atoms with Crippen LogP contribution in [0.4, 0.5) is 5.69 Å². The van der Waals surface area contributed by atoms with E-state index in [4.69, 9.17) is 14.8 Å². The molecule has 0 saturated heterocycles. The van der Waals surface area contributed by atoms with E-state index in [1.54, 1.807) is 35.6 Å². The maximum absolute atomic E-state index is 11.4. The Bertz CT molecular complexity index is 2490. The Balaban J connectivity index is 1.10. The Hall–Kier alpha value is -5.42. The number of nitro benzene ring substituents is 1. The summed E-state index contributed by atoms with van der Waals surface area (Å²) >= 11 is 2.16. The molecule has 52 heavy (non-hydrogen) atoms. The van der Waals surface area contributed by atoms with E-state index < -0.39 is 0 Å². The van der Waals surface area contributed by atoms with Gasteiger partial charge >= 0.3 is 0 Å². The lowest BCUT2D eigenvalue weighted by Crippen LogP contribution is -2.48. The van der Waals surface area contributed by atoms with Crippen LogP contribution in [-0.2, 0) is 6.42 Å². The van der Waals surface area contributed by atoms with Crippen LogP contribution in [0.5, 0.6) is 5.75 Å². The Kier molecular flexibility index (Phi) is 7.91. The predicted molar refractivity (Wildman–Crippen MR) is 210 cm³/mol. The van der Waals surface area contributed by atoms with Gasteiger partial charge in [-0.3, -0.25) is 10.1 Å². The Labute approximate surface area is 308 Å². The number of nitrogens with zero attached hydrogens (tertiary/aromatic N) is 4. The molecule has 2 atom stereocenters. The first-order valence-electron chi connectivity index (χ1n) is 17.2. The zero-order valence-corrected chi connectivity index (χ0v) is 30.1. The molecule has 8 nitrogen and oxygen atoms in total. The molecule has 7 aromatic rings. The standard InChI is InChI=1S/C42H34N4O4S2/c1-42(2)28-23-33-38(34(42)24-28)44-45(29-17-19-30(20-18-29)46(48)49)39(33)26-14-12-25(13-15-26)27-16-21-36(50-41(47)51-31-8-4-3-5-9-31)32(22-27)40-43-35-10-6-7-11-37(35)52-40/h3-22,28,34,47,51H,23-24H2,1-2H3. The minimum absolute atomic E-state index is 0.0560. The SMILES string of the molecule is CC1(C)C2Cc3c(nn(-c4ccc([N+](=O)[O-])cc4)c3-c3ccc(-c4ccc(OC(O)=[SH]c5ccccc5)c(-c5nc6ccccc6s5)c4)cc3)C1C2. The molecule has 3 aliphatic rings. The summed E-state index contributed by atoms with van der Waals surface area (Å²) in [6.07, 6.45) is 2.11. The number of benzene rings is 5. The summed E-state index contributed by atoms with van der Waals surface area (Å²) in [5, 5.41) is 28.2. The first kappa shape index (κ1) is 32.5. The number of ether oxygens (including phenoxy) is 1. The molecule has 10 rings (SSSR count). The number of rotatable bonds is 7. The fourth-order valence-corrected chi connectivity index (χ4v) is 9.40. The van der Waals surface area contributed by atoms with Crippen LogP contribution in [0.1, 0.15) is 37.4 Å². The number of thiazole rings is 1. The minimum Gasteiger partial charge on any atom is -0.430 e. The van der Waals surface area contributed by atoms with Crippen LogP contribution < -0.4 is 4.74 Å². The van der Waals surface area contributed by atoms with Gasteiger partial charge < -0.3 is 9.84 Å². The minimum atomic E-state index is -0.374. The van der Waals surface area contributed by atoms with Gasteiger partial charge in [0.15, 0.2) is 0 Å². The van der Waals surface area contributed by atoms with Gasteiger partial charge in [0.2, 0.25) is 0 Å². The summed E-state index contributed by atoms with van der Waals surface area (Å²) < 4.78 is 9.15. The molecule has 1 fully saturated rings. The van der Waals surface area contributed by atoms with Crippen LogP contribution >= 0.6 is 22.7 Å². The average Bonchev–Trinajstić information content (AvgIpc) is 3.78. The zero-order valence-electron chi connectivity index (χ0n) is 28.4. The zero-order chi connectivity index (χ0) is 35.6. The van der Waals surface area contributed by atoms with Crippen molar-refractivity contribution in [1.82, 2.24) is 14.8 Å². The molecule has 2 bridgehead atoms. The largest absolute Gasteiger partial charge is 0.430 e. The van der Waals surface area contributed by atoms with Gasteiger partial charge in [-0.2, -0.15) is 5.10 Å². The van der Waals surface area contributed by atoms with Crippen LogP contribution in [0.2, 0.25) is 0 Å². The van der Waals surface area contributed by atoms with Crippen molar-refractivity contribution >= 4 is 43.8 Å². The van der Waals surface area contributed by atoms with Gasteiger partial charge in [-0.05, 0) is 83.8 Å². The number of aliphatic hydroxyl groups is 1. The van der Waals surface area contributed by atoms with Crippen molar-refractivity contribution in [1.29, 1.82) is 0 Å². The van der Waals surface area contributed by atoms with Crippen molar-refractivity contribution in [3.63, 3.8) is 0 Å². The summed E-state index contributed by atoms with van der Waals surface area (Å²) in [6, 6.07) is 38.9. The molecule has 2 unspecified atom stereocenters. The molecule has 0 amide bonds. The number of aliphatic hydroxyl groups excluding tert-OH is 1. The molecule has 1 N–H and O–H groups in total. The van der Waals surface area contributed by atoms with Gasteiger partial charge in [-0.25, -0.2) is 9.67 Å². The molecule has 5 aromatic carbocycles. The van der Waals surface area contributed by atoms with E-state index in [0.717, 1.165) is 72.3 Å². The van der Waals surface area contributed by atoms with E-state index in [1.807, 2.05) is 65.3 Å². The third kappa shape index (κ3) is 5.63. The van der Waals surface area contributed by atoms with Crippen LogP contribution in [0.15, 0.2) is 126 Å². The molecule has 258 valence electrons. The second-order valence-electron chi connectivity index (χ2n) is 14.0. The van der Waals surface area contributed by atoms with Gasteiger partial charge in [0.05, 0.1) is 37.8 Å². The number of fused-ring (bicyclic) bond motifs is 1. The van der Waals surface area contributed by atoms with Crippen LogP contribution in [0.3, 0.4) is 0 Å². The Morgan fingerprint density at radius 1 is 0.923 bits per heavy atom. The summed E-state index contributed by atoms with van der Waals surface area (Å²) in [5.41, 5.74) is 9.29. The highest BCUT2D eigenvalue weighted by Crippen LogP contribution is 2.63. The highest BCUT2D eigenvalue weighted by Gasteiger charge is 2.54. The summed E-state index contributed by atoms with van der Waals surface area (Å²) in [6.45, 7) is 4.69. The maximum Gasteiger partial charge on any atom is 0.269 e. The van der Waals surface area contributed by atoms with Gasteiger partial charge in [0.25, 0.3) is 10.9 Å². The molecular weight excluding hydrogens is 689 g/mol. The van der Waals surface area contributed by atoms with E-state index in [9.17, 15) is 15.2 Å². The fraction of sp³-hybridized carbons (Fsp3) is 0.167. The van der Waals surface area contributed by atoms with Gasteiger partial charge in [-0.15, -0.1) is 22.7 Å². The molecule has 3 aliphatic carbocycles. The maximum atomic E-state index is 11.4. The van der Waals surface area contributed by atoms with Crippen molar-refractivity contribution in [2.24, 2.45) is 11.3 Å². The first-order valence-corrected chi connectivity index (χ1v) is 18.9. The first-order chi connectivity index (χ1) is 25.2. The number of thiol groups is 1. The molecule has 0 spiro atoms. The normalized spacial score (nSPS) is 17.6. The molecule has 0 radical (unpaired) electrons. The van der Waals surface area contributed by atoms with Crippen LogP contribution in [0.25, 0.3) is 48.9 Å². The van der Waals surface area contributed by atoms with Crippen LogP contribution in [0, 0.1) is 21.4 Å². The second-order valence-corrected chi connectivity index (χ2v) is 16.2. The lowest BCUT2D eigenvalue weighted by atomic mass is 9.48. The number of nitro groups is 1. The lowest BCUT2D eigenvalue weighted by Gasteiger charge is -2.55. The summed E-state index contributed by atoms with van der Waals surface area (Å²) in [7, 11) is 0. The van der Waals surface area contributed by atoms with Crippen molar-refractivity contribution in [2.45, 2.75) is 37.5 Å². The average molecular weight is 723 g/mol. The van der Waals surface area contributed by atoms with Gasteiger partial charge in [0, 0.05) is 34.1 Å². The number of para-hydroxylation sites is 1. The highest BCUT2D eigenvalue weighted by molar-refractivity contribution is 7.98. The number of hydrogen-bond donors (Lipinski definition) is 2. The summed E-state index contributed by atoms with van der Waals surface area (Å²) in [4.78, 5) is 16.9. The predicted octanol–water partition coefficient (Wildman–Crippen LogP) is 10.6. The van der Waals surface area contributed by atoms with Crippen LogP contribution in [-0.4, -0.2) is 30.0 Å². The molecule has 2 aromatic heterocycles. The quantitative estimate of drug-likeness (QED) is 0.0735. The van der Waals surface area contributed by atoms with E-state index in [0.29, 0.717) is 28.9 Å². The third-order valence-corrected chi connectivity index (χ3v) is 12.7. The van der Waals surface area contributed by atoms with Crippen molar-refractivity contribution in [3.05, 3.63) is 143 Å². The number of hydrogen-bond acceptors (Lipinski definition) is 6. The van der Waals surface area contributed by atoms with Crippen molar-refractivity contribution in [2.75, 3.05) is 0 Å². The molecule has 1 saturated carbocycles. The molecule has 0 aliphatic heterocycles. The topological polar surface area (TPSA) is 103 Å². The van der Waals surface area contributed by atoms with E-state index in [1.165, 1.54) is 5.56 Å². The van der Waals surface area contributed by atoms with E-state index in [2.05, 4.69) is 50.2 Å². The smallest absolute Gasteiger partial charge is 0.269 e. The molecule has 10 heteroatoms. The highest BCUT2D eigenvalue weighted by atomic mass is 32.1. The Morgan fingerprint density at radius 3 is 2.37 bits per heavy atom. The molecule has 2 heterocycles. The van der Waals surface area contributed by atoms with E-state index >= 15 is 0 Å². The van der Waals surface area contributed by atoms with Crippen molar-refractivity contribution < 1.29 is 14.8 Å². The number of aromatic nitrogens is 3. The van der Waals surface area contributed by atoms with E-state index in [-0.39, 0.29) is 21.3 Å². The Morgan fingerprint density at radius 2 is 1.63 bits per heavy atom. The third-order valence-electron chi connectivity index (χ3n) is 10.7. The monoisotopic (exact) mass is 722 g/mol. The van der Waals surface area contributed by atoms with Gasteiger partial charge in [-0.1, -0.05) is 74.5 Å². The number of non-ortho nitro benzene ring substituents is 1. The van der Waals surface area contributed by atoms with Gasteiger partial charge in [0.1, 0.15) is 10.8 Å². The molecular formula is C42H34N4O4S2. The second kappa shape index (κ2) is 12.7. The lowest BCUT2D eigenvalue weighted by molar-refractivity contribution is -0.384. The summed E-state index contributed by atoms with van der Waals surface area (Å²) in [5.74, 6) is 1.52.